The maximum Gasteiger partial charge on any atom is 0.0462 e. The molecule has 0 fully saturated rings. The van der Waals surface area contributed by atoms with E-state index < -0.39 is 0 Å². The molecule has 59 valence electrons. The van der Waals surface area contributed by atoms with E-state index in [-0.39, 0.29) is 6.04 Å². The van der Waals surface area contributed by atoms with Crippen molar-refractivity contribution in [2.75, 3.05) is 0 Å². The van der Waals surface area contributed by atoms with E-state index in [0.29, 0.717) is 0 Å². The van der Waals surface area contributed by atoms with Crippen molar-refractivity contribution in [3.05, 3.63) is 35.9 Å². The van der Waals surface area contributed by atoms with Crippen molar-refractivity contribution < 1.29 is 0 Å². The maximum absolute atomic E-state index is 7.71. The summed E-state index contributed by atoms with van der Waals surface area (Å²) in [5.74, 6) is 0. The van der Waals surface area contributed by atoms with Gasteiger partial charge in [0, 0.05) is 6.04 Å². The van der Waals surface area contributed by atoms with Crippen LogP contribution in [-0.4, -0.2) is 0 Å². The Hall–Kier alpha value is -0.820. The smallest absolute Gasteiger partial charge is 0.0462 e. The average molecular weight is 148 g/mol. The van der Waals surface area contributed by atoms with Crippen LogP contribution in [0.4, 0.5) is 0 Å². The molecule has 1 aromatic carbocycles. The molecule has 0 amide bonds. The topological polar surface area (TPSA) is 23.8 Å². The molecule has 1 N–H and O–H groups in total. The van der Waals surface area contributed by atoms with Gasteiger partial charge in [-0.15, -0.1) is 0 Å². The van der Waals surface area contributed by atoms with Gasteiger partial charge in [-0.3, -0.25) is 0 Å². The van der Waals surface area contributed by atoms with Gasteiger partial charge < -0.3 is 0 Å². The zero-order valence-electron chi connectivity index (χ0n) is 6.88. The molecule has 0 saturated carbocycles. The highest BCUT2D eigenvalue weighted by atomic mass is 14.6. The Morgan fingerprint density at radius 1 is 1.27 bits per heavy atom. The lowest BCUT2D eigenvalue weighted by Gasteiger charge is -2.07. The second kappa shape index (κ2) is 4.14. The minimum atomic E-state index is -0.0267. The number of hydrogen-bond donors (Lipinski definition) is 0. The van der Waals surface area contributed by atoms with Gasteiger partial charge in [0.05, 0.1) is 0 Å². The summed E-state index contributed by atoms with van der Waals surface area (Å²) in [5.41, 5.74) is 8.85. The first-order valence-electron chi connectivity index (χ1n) is 4.10. The highest BCUT2D eigenvalue weighted by Crippen LogP contribution is 2.15. The van der Waals surface area contributed by atoms with Crippen LogP contribution in [-0.2, 0) is 0 Å². The average Bonchev–Trinajstić information content (AvgIpc) is 2.07. The van der Waals surface area contributed by atoms with Crippen molar-refractivity contribution in [3.63, 3.8) is 0 Å². The monoisotopic (exact) mass is 148 g/mol. The molecule has 11 heavy (non-hydrogen) atoms. The Balaban J connectivity index is 2.61. The zero-order valence-corrected chi connectivity index (χ0v) is 6.88. The third-order valence-electron chi connectivity index (χ3n) is 1.78. The molecule has 1 rings (SSSR count). The van der Waals surface area contributed by atoms with Gasteiger partial charge in [-0.1, -0.05) is 43.7 Å². The lowest BCUT2D eigenvalue weighted by atomic mass is 10.0. The number of hydrogen-bond acceptors (Lipinski definition) is 0. The Bertz CT molecular complexity index is 193. The molecular formula is C10H14N. The Labute approximate surface area is 68.2 Å². The van der Waals surface area contributed by atoms with Crippen molar-refractivity contribution in [2.45, 2.75) is 25.8 Å². The summed E-state index contributed by atoms with van der Waals surface area (Å²) in [4.78, 5) is 0. The maximum atomic E-state index is 7.71. The largest absolute Gasteiger partial charge is 0.250 e. The van der Waals surface area contributed by atoms with Crippen LogP contribution >= 0.6 is 0 Å². The Morgan fingerprint density at radius 3 is 2.45 bits per heavy atom. The normalized spacial score (nSPS) is 12.9. The molecule has 1 atom stereocenters. The predicted octanol–water partition coefficient (Wildman–Crippen LogP) is 2.81. The number of benzene rings is 1. The fourth-order valence-corrected chi connectivity index (χ4v) is 1.14. The lowest BCUT2D eigenvalue weighted by Crippen LogP contribution is -1.97. The van der Waals surface area contributed by atoms with Crippen LogP contribution in [0, 0.1) is 0 Å². The summed E-state index contributed by atoms with van der Waals surface area (Å²) in [7, 11) is 0. The van der Waals surface area contributed by atoms with E-state index in [4.69, 9.17) is 5.73 Å². The molecule has 0 aliphatic heterocycles. The molecule has 0 spiro atoms. The Morgan fingerprint density at radius 2 is 1.91 bits per heavy atom. The minimum Gasteiger partial charge on any atom is -0.250 e. The summed E-state index contributed by atoms with van der Waals surface area (Å²) in [6.45, 7) is 2.12. The van der Waals surface area contributed by atoms with Crippen LogP contribution in [0.1, 0.15) is 31.4 Å². The highest BCUT2D eigenvalue weighted by Gasteiger charge is 2.02. The van der Waals surface area contributed by atoms with Gasteiger partial charge in [0.1, 0.15) is 0 Å². The molecule has 1 nitrogen and oxygen atoms in total. The van der Waals surface area contributed by atoms with Crippen molar-refractivity contribution in [3.8, 4) is 0 Å². The van der Waals surface area contributed by atoms with Crippen LogP contribution in [0.15, 0.2) is 30.3 Å². The first-order chi connectivity index (χ1) is 5.34. The van der Waals surface area contributed by atoms with E-state index in [1.165, 1.54) is 0 Å². The summed E-state index contributed by atoms with van der Waals surface area (Å²) in [5, 5.41) is 0. The number of rotatable bonds is 3. The van der Waals surface area contributed by atoms with Crippen LogP contribution in [0.3, 0.4) is 0 Å². The number of nitrogens with one attached hydrogen (secondary N) is 1. The van der Waals surface area contributed by atoms with Gasteiger partial charge in [-0.2, -0.15) is 0 Å². The Kier molecular flexibility index (Phi) is 3.12. The van der Waals surface area contributed by atoms with Crippen molar-refractivity contribution in [1.82, 2.24) is 5.73 Å². The molecule has 1 radical (unpaired) electrons. The van der Waals surface area contributed by atoms with Crippen LogP contribution < -0.4 is 5.73 Å². The summed E-state index contributed by atoms with van der Waals surface area (Å²) >= 11 is 0. The van der Waals surface area contributed by atoms with Crippen LogP contribution in [0.2, 0.25) is 0 Å². The van der Waals surface area contributed by atoms with Gasteiger partial charge in [-0.25, -0.2) is 5.73 Å². The highest BCUT2D eigenvalue weighted by molar-refractivity contribution is 5.17. The van der Waals surface area contributed by atoms with Gasteiger partial charge in [0.15, 0.2) is 0 Å². The molecule has 0 aromatic heterocycles. The second-order valence-electron chi connectivity index (χ2n) is 2.75. The molecule has 0 saturated heterocycles. The molecule has 0 aliphatic rings. The quantitative estimate of drug-likeness (QED) is 0.629. The minimum absolute atomic E-state index is 0.0267. The second-order valence-corrected chi connectivity index (χ2v) is 2.75. The van der Waals surface area contributed by atoms with Gasteiger partial charge in [0.25, 0.3) is 0 Å². The fourth-order valence-electron chi connectivity index (χ4n) is 1.14. The molecule has 1 heteroatoms. The van der Waals surface area contributed by atoms with Crippen LogP contribution in [0.25, 0.3) is 0 Å². The lowest BCUT2D eigenvalue weighted by molar-refractivity contribution is 0.621. The van der Waals surface area contributed by atoms with E-state index in [1.807, 2.05) is 30.3 Å². The van der Waals surface area contributed by atoms with E-state index >= 15 is 0 Å². The van der Waals surface area contributed by atoms with Crippen molar-refractivity contribution >= 4 is 0 Å². The molecule has 0 aliphatic carbocycles. The third-order valence-corrected chi connectivity index (χ3v) is 1.78. The standard InChI is InChI=1S/C10H14N/c1-2-6-10(11)9-7-4-3-5-8-9/h3-5,7-8,10-11H,2,6H2,1H3. The molecule has 1 aromatic rings. The van der Waals surface area contributed by atoms with Crippen molar-refractivity contribution in [2.24, 2.45) is 0 Å². The molecule has 0 bridgehead atoms. The van der Waals surface area contributed by atoms with Gasteiger partial charge in [0.2, 0.25) is 0 Å². The first-order valence-corrected chi connectivity index (χ1v) is 4.10. The zero-order chi connectivity index (χ0) is 8.10. The first kappa shape index (κ1) is 8.28. The van der Waals surface area contributed by atoms with Crippen molar-refractivity contribution in [1.29, 1.82) is 0 Å². The fraction of sp³-hybridized carbons (Fsp3) is 0.400. The summed E-state index contributed by atoms with van der Waals surface area (Å²) < 4.78 is 0. The molecular weight excluding hydrogens is 134 g/mol. The van der Waals surface area contributed by atoms with E-state index in [0.717, 1.165) is 18.4 Å². The van der Waals surface area contributed by atoms with Gasteiger partial charge in [-0.05, 0) is 12.0 Å². The van der Waals surface area contributed by atoms with Gasteiger partial charge >= 0.3 is 0 Å². The van der Waals surface area contributed by atoms with Crippen LogP contribution in [0.5, 0.6) is 0 Å². The SMILES string of the molecule is CCCC([NH])c1ccccc1. The van der Waals surface area contributed by atoms with E-state index in [9.17, 15) is 0 Å². The third kappa shape index (κ3) is 2.35. The molecule has 0 heterocycles. The van der Waals surface area contributed by atoms with E-state index in [1.54, 1.807) is 0 Å². The predicted molar refractivity (Wildman–Crippen MR) is 47.2 cm³/mol. The molecule has 1 unspecified atom stereocenters. The van der Waals surface area contributed by atoms with E-state index in [2.05, 4.69) is 6.92 Å². The summed E-state index contributed by atoms with van der Waals surface area (Å²) in [6.07, 6.45) is 2.05. The summed E-state index contributed by atoms with van der Waals surface area (Å²) in [6, 6.07) is 9.99.